The van der Waals surface area contributed by atoms with Gasteiger partial charge in [-0.3, -0.25) is 19.9 Å². The summed E-state index contributed by atoms with van der Waals surface area (Å²) in [6, 6.07) is 5.46. The molecule has 0 aliphatic carbocycles. The maximum absolute atomic E-state index is 13.0. The number of hydrazine groups is 1. The maximum Gasteiger partial charge on any atom is 0.336 e. The number of carbonyl (C=O) groups excluding carboxylic acids is 3. The monoisotopic (exact) mass is 374 g/mol. The number of para-hydroxylation sites is 1. The number of anilines is 1. The number of urea groups is 1. The van der Waals surface area contributed by atoms with Gasteiger partial charge in [-0.25, -0.2) is 10.6 Å². The third-order valence-corrected chi connectivity index (χ3v) is 4.97. The van der Waals surface area contributed by atoms with E-state index in [1.54, 1.807) is 29.2 Å². The van der Waals surface area contributed by atoms with Crippen molar-refractivity contribution in [1.82, 2.24) is 10.3 Å². The highest BCUT2D eigenvalue weighted by molar-refractivity contribution is 6.11. The smallest absolute Gasteiger partial charge is 0.331 e. The van der Waals surface area contributed by atoms with Crippen LogP contribution < -0.4 is 16.2 Å². The number of ketones is 1. The van der Waals surface area contributed by atoms with Crippen LogP contribution in [0.4, 0.5) is 10.5 Å². The minimum absolute atomic E-state index is 0.00186. The van der Waals surface area contributed by atoms with Gasteiger partial charge in [0.1, 0.15) is 6.04 Å². The van der Waals surface area contributed by atoms with Crippen LogP contribution in [0, 0.1) is 5.41 Å². The van der Waals surface area contributed by atoms with Crippen molar-refractivity contribution in [2.75, 3.05) is 4.90 Å². The number of Topliss-reactive ketones (excluding diaryl/α,β-unsaturated/α-hetero) is 1. The molecule has 1 fully saturated rings. The van der Waals surface area contributed by atoms with Crippen molar-refractivity contribution in [3.63, 3.8) is 0 Å². The summed E-state index contributed by atoms with van der Waals surface area (Å²) in [6.07, 6.45) is 0. The summed E-state index contributed by atoms with van der Waals surface area (Å²) in [5.41, 5.74) is 1.66. The third kappa shape index (κ3) is 3.43. The molecule has 3 amide bonds. The summed E-state index contributed by atoms with van der Waals surface area (Å²) < 4.78 is 0. The highest BCUT2D eigenvalue weighted by Crippen LogP contribution is 2.41. The molecule has 1 atom stereocenters. The standard InChI is InChI=1S/C20H30N4O3/c1-12(2)24-17(26)15(20(24,6)7)23(18(27)22-21)14-11-9-8-10-13(14)16(25)19(3,4)5/h8-12,15H,21H2,1-7H3,(H,22,27). The number of carbonyl (C=O) groups is 3. The average Bonchev–Trinajstić information content (AvgIpc) is 2.56. The first-order valence-corrected chi connectivity index (χ1v) is 9.12. The topological polar surface area (TPSA) is 95.7 Å². The zero-order valence-electron chi connectivity index (χ0n) is 17.2. The number of nitrogens with zero attached hydrogens (tertiary/aromatic N) is 2. The van der Waals surface area contributed by atoms with Crippen LogP contribution in [0.1, 0.15) is 58.8 Å². The number of hydrogen-bond acceptors (Lipinski definition) is 4. The lowest BCUT2D eigenvalue weighted by Crippen LogP contribution is -2.79. The number of amides is 3. The fraction of sp³-hybridized carbons (Fsp3) is 0.550. The van der Waals surface area contributed by atoms with Crippen molar-refractivity contribution in [3.05, 3.63) is 29.8 Å². The second kappa shape index (κ2) is 6.96. The fourth-order valence-electron chi connectivity index (χ4n) is 3.84. The van der Waals surface area contributed by atoms with Gasteiger partial charge in [-0.05, 0) is 39.8 Å². The molecule has 0 saturated carbocycles. The molecule has 1 aromatic carbocycles. The molecule has 1 aliphatic rings. The number of nitrogens with two attached hydrogens (primary N) is 1. The van der Waals surface area contributed by atoms with Crippen molar-refractivity contribution in [2.45, 2.75) is 66.1 Å². The molecule has 1 aromatic rings. The van der Waals surface area contributed by atoms with Gasteiger partial charge in [0.05, 0.1) is 11.2 Å². The second-order valence-electron chi connectivity index (χ2n) is 8.77. The Morgan fingerprint density at radius 1 is 1.22 bits per heavy atom. The van der Waals surface area contributed by atoms with Crippen LogP contribution in [0.2, 0.25) is 0 Å². The number of benzene rings is 1. The minimum Gasteiger partial charge on any atom is -0.331 e. The second-order valence-corrected chi connectivity index (χ2v) is 8.77. The zero-order valence-corrected chi connectivity index (χ0v) is 17.2. The third-order valence-electron chi connectivity index (χ3n) is 4.97. The van der Waals surface area contributed by atoms with Crippen molar-refractivity contribution < 1.29 is 14.4 Å². The van der Waals surface area contributed by atoms with E-state index in [2.05, 4.69) is 5.43 Å². The summed E-state index contributed by atoms with van der Waals surface area (Å²) >= 11 is 0. The molecule has 7 heteroatoms. The highest BCUT2D eigenvalue weighted by atomic mass is 16.2. The molecule has 0 radical (unpaired) electrons. The largest absolute Gasteiger partial charge is 0.336 e. The van der Waals surface area contributed by atoms with Crippen LogP contribution >= 0.6 is 0 Å². The van der Waals surface area contributed by atoms with E-state index in [9.17, 15) is 14.4 Å². The molecule has 2 rings (SSSR count). The Balaban J connectivity index is 2.60. The normalized spacial score (nSPS) is 18.9. The van der Waals surface area contributed by atoms with E-state index in [4.69, 9.17) is 5.84 Å². The van der Waals surface area contributed by atoms with E-state index < -0.39 is 23.0 Å². The predicted molar refractivity (Wildman–Crippen MR) is 105 cm³/mol. The maximum atomic E-state index is 13.0. The van der Waals surface area contributed by atoms with Crippen molar-refractivity contribution in [1.29, 1.82) is 0 Å². The summed E-state index contributed by atoms with van der Waals surface area (Å²) in [5, 5.41) is 0. The van der Waals surface area contributed by atoms with Gasteiger partial charge in [0.25, 0.3) is 0 Å². The molecule has 3 N–H and O–H groups in total. The van der Waals surface area contributed by atoms with E-state index in [1.165, 1.54) is 4.90 Å². The first-order chi connectivity index (χ1) is 12.4. The van der Waals surface area contributed by atoms with E-state index in [-0.39, 0.29) is 17.7 Å². The molecule has 1 unspecified atom stereocenters. The summed E-state index contributed by atoms with van der Waals surface area (Å²) in [7, 11) is 0. The Bertz CT molecular complexity index is 765. The van der Waals surface area contributed by atoms with Crippen LogP contribution in [0.5, 0.6) is 0 Å². The van der Waals surface area contributed by atoms with Crippen LogP contribution in [-0.4, -0.2) is 40.2 Å². The molecule has 148 valence electrons. The van der Waals surface area contributed by atoms with Gasteiger partial charge in [-0.15, -0.1) is 0 Å². The van der Waals surface area contributed by atoms with Gasteiger partial charge < -0.3 is 4.90 Å². The Kier molecular flexibility index (Phi) is 5.39. The van der Waals surface area contributed by atoms with E-state index in [0.717, 1.165) is 0 Å². The molecule has 0 bridgehead atoms. The first kappa shape index (κ1) is 20.9. The van der Waals surface area contributed by atoms with Gasteiger partial charge in [0.2, 0.25) is 5.91 Å². The van der Waals surface area contributed by atoms with Crippen LogP contribution in [-0.2, 0) is 4.79 Å². The molecule has 1 heterocycles. The Hall–Kier alpha value is -2.41. The predicted octanol–water partition coefficient (Wildman–Crippen LogP) is 2.70. The Morgan fingerprint density at radius 3 is 2.22 bits per heavy atom. The van der Waals surface area contributed by atoms with Crippen LogP contribution in [0.25, 0.3) is 0 Å². The molecule has 0 spiro atoms. The Labute approximate surface area is 160 Å². The Morgan fingerprint density at radius 2 is 1.78 bits per heavy atom. The summed E-state index contributed by atoms with van der Waals surface area (Å²) in [5.74, 6) is 5.13. The van der Waals surface area contributed by atoms with Gasteiger partial charge >= 0.3 is 6.03 Å². The molecule has 0 aromatic heterocycles. The number of hydrogen-bond donors (Lipinski definition) is 2. The van der Waals surface area contributed by atoms with Gasteiger partial charge in [0.15, 0.2) is 5.78 Å². The van der Waals surface area contributed by atoms with E-state index in [0.29, 0.717) is 11.3 Å². The van der Waals surface area contributed by atoms with Crippen molar-refractivity contribution >= 4 is 23.4 Å². The number of rotatable bonds is 4. The van der Waals surface area contributed by atoms with Crippen LogP contribution in [0.15, 0.2) is 24.3 Å². The summed E-state index contributed by atoms with van der Waals surface area (Å²) in [4.78, 5) is 41.6. The van der Waals surface area contributed by atoms with E-state index >= 15 is 0 Å². The van der Waals surface area contributed by atoms with Gasteiger partial charge in [-0.1, -0.05) is 32.9 Å². The molecule has 1 aliphatic heterocycles. The van der Waals surface area contributed by atoms with Gasteiger partial charge in [-0.2, -0.15) is 0 Å². The highest BCUT2D eigenvalue weighted by Gasteiger charge is 2.59. The van der Waals surface area contributed by atoms with Crippen molar-refractivity contribution in [2.24, 2.45) is 11.3 Å². The average molecular weight is 374 g/mol. The molecular formula is C20H30N4O3. The summed E-state index contributed by atoms with van der Waals surface area (Å²) in [6.45, 7) is 13.1. The SMILES string of the molecule is CC(C)N1C(=O)C(N(C(=O)NN)c2ccccc2C(=O)C(C)(C)C)C1(C)C. The molecule has 7 nitrogen and oxygen atoms in total. The van der Waals surface area contributed by atoms with Crippen LogP contribution in [0.3, 0.4) is 0 Å². The first-order valence-electron chi connectivity index (χ1n) is 9.12. The molecular weight excluding hydrogens is 344 g/mol. The number of β-lactam (4-membered cyclic amide) rings is 1. The number of nitrogens with one attached hydrogen (secondary N) is 1. The number of likely N-dealkylation sites (tertiary alicyclic amines) is 1. The quantitative estimate of drug-likeness (QED) is 0.278. The fourth-order valence-corrected chi connectivity index (χ4v) is 3.84. The molecule has 1 saturated heterocycles. The molecule has 27 heavy (non-hydrogen) atoms. The lowest BCUT2D eigenvalue weighted by molar-refractivity contribution is -0.161. The zero-order chi connectivity index (χ0) is 20.7. The minimum atomic E-state index is -0.752. The lowest BCUT2D eigenvalue weighted by atomic mass is 9.78. The van der Waals surface area contributed by atoms with Gasteiger partial charge in [0, 0.05) is 17.0 Å². The van der Waals surface area contributed by atoms with E-state index in [1.807, 2.05) is 48.5 Å². The van der Waals surface area contributed by atoms with Crippen molar-refractivity contribution in [3.8, 4) is 0 Å². The lowest BCUT2D eigenvalue weighted by Gasteiger charge is -2.58.